The van der Waals surface area contributed by atoms with Gasteiger partial charge < -0.3 is 10.0 Å². The van der Waals surface area contributed by atoms with Gasteiger partial charge in [-0.25, -0.2) is 13.1 Å². The Morgan fingerprint density at radius 2 is 2.20 bits per heavy atom. The van der Waals surface area contributed by atoms with Crippen molar-refractivity contribution in [3.8, 4) is 0 Å². The first kappa shape index (κ1) is 17.4. The highest BCUT2D eigenvalue weighted by atomic mass is 32.2. The third-order valence-corrected chi connectivity index (χ3v) is 5.21. The number of carbonyl (C=O) groups is 1. The lowest BCUT2D eigenvalue weighted by atomic mass is 10.1. The molecule has 1 saturated heterocycles. The van der Waals surface area contributed by atoms with Gasteiger partial charge in [0.15, 0.2) is 0 Å². The second-order valence-electron chi connectivity index (χ2n) is 5.35. The predicted octanol–water partition coefficient (Wildman–Crippen LogP) is 0.468. The third kappa shape index (κ3) is 5.03. The minimum absolute atomic E-state index is 0.0402. The fraction of sp³-hybridized carbons (Fsp3) is 0.923. The Labute approximate surface area is 121 Å². The molecule has 0 aromatic heterocycles. The standard InChI is InChI=1S/C13H26N2O4S/c1-3-10-20(18,19)14-11(2)13(17)15-8-4-6-12(15)7-5-9-16/h11-12,14,16H,3-10H2,1-2H3. The molecular formula is C13H26N2O4S. The molecule has 1 amide bonds. The molecule has 0 aromatic carbocycles. The maximum atomic E-state index is 12.3. The smallest absolute Gasteiger partial charge is 0.240 e. The lowest BCUT2D eigenvalue weighted by Crippen LogP contribution is -2.48. The normalized spacial score (nSPS) is 21.1. The quantitative estimate of drug-likeness (QED) is 0.682. The summed E-state index contributed by atoms with van der Waals surface area (Å²) < 4.78 is 25.8. The number of sulfonamides is 1. The molecule has 1 rings (SSSR count). The Balaban J connectivity index is 2.59. The summed E-state index contributed by atoms with van der Waals surface area (Å²) in [7, 11) is -3.38. The molecule has 20 heavy (non-hydrogen) atoms. The van der Waals surface area contributed by atoms with Gasteiger partial charge in [-0.3, -0.25) is 4.79 Å². The topological polar surface area (TPSA) is 86.7 Å². The third-order valence-electron chi connectivity index (χ3n) is 3.56. The maximum Gasteiger partial charge on any atom is 0.240 e. The molecule has 7 heteroatoms. The number of nitrogens with zero attached hydrogens (tertiary/aromatic N) is 1. The highest BCUT2D eigenvalue weighted by Gasteiger charge is 2.32. The van der Waals surface area contributed by atoms with Gasteiger partial charge in [-0.05, 0) is 39.0 Å². The molecule has 1 aliphatic heterocycles. The van der Waals surface area contributed by atoms with E-state index in [4.69, 9.17) is 5.11 Å². The predicted molar refractivity (Wildman–Crippen MR) is 77.7 cm³/mol. The molecule has 2 N–H and O–H groups in total. The Hall–Kier alpha value is -0.660. The van der Waals surface area contributed by atoms with E-state index >= 15 is 0 Å². The van der Waals surface area contributed by atoms with Gasteiger partial charge in [0.05, 0.1) is 11.8 Å². The van der Waals surface area contributed by atoms with E-state index in [9.17, 15) is 13.2 Å². The molecule has 0 saturated carbocycles. The van der Waals surface area contributed by atoms with Crippen LogP contribution >= 0.6 is 0 Å². The van der Waals surface area contributed by atoms with Crippen LogP contribution in [0.2, 0.25) is 0 Å². The number of likely N-dealkylation sites (tertiary alicyclic amines) is 1. The van der Waals surface area contributed by atoms with Crippen LogP contribution in [0.3, 0.4) is 0 Å². The van der Waals surface area contributed by atoms with Crippen LogP contribution < -0.4 is 4.72 Å². The van der Waals surface area contributed by atoms with E-state index in [-0.39, 0.29) is 24.3 Å². The van der Waals surface area contributed by atoms with Crippen molar-refractivity contribution in [1.82, 2.24) is 9.62 Å². The zero-order valence-corrected chi connectivity index (χ0v) is 13.2. The molecule has 0 spiro atoms. The Morgan fingerprint density at radius 1 is 1.50 bits per heavy atom. The fourth-order valence-electron chi connectivity index (χ4n) is 2.65. The Kier molecular flexibility index (Phi) is 6.91. The van der Waals surface area contributed by atoms with Crippen molar-refractivity contribution in [2.45, 2.75) is 58.0 Å². The van der Waals surface area contributed by atoms with Gasteiger partial charge in [0.2, 0.25) is 15.9 Å². The van der Waals surface area contributed by atoms with Crippen molar-refractivity contribution in [2.75, 3.05) is 18.9 Å². The molecule has 6 nitrogen and oxygen atoms in total. The summed E-state index contributed by atoms with van der Waals surface area (Å²) in [6, 6.07) is -0.589. The molecule has 1 aliphatic rings. The molecule has 0 radical (unpaired) electrons. The van der Waals surface area contributed by atoms with Gasteiger partial charge in [-0.15, -0.1) is 0 Å². The van der Waals surface area contributed by atoms with Crippen LogP contribution in [0.4, 0.5) is 0 Å². The van der Waals surface area contributed by atoms with E-state index < -0.39 is 16.1 Å². The maximum absolute atomic E-state index is 12.3. The summed E-state index contributed by atoms with van der Waals surface area (Å²) in [4.78, 5) is 14.1. The first-order valence-electron chi connectivity index (χ1n) is 7.32. The summed E-state index contributed by atoms with van der Waals surface area (Å²) >= 11 is 0. The first-order valence-corrected chi connectivity index (χ1v) is 8.98. The van der Waals surface area contributed by atoms with E-state index in [1.165, 1.54) is 0 Å². The van der Waals surface area contributed by atoms with Crippen molar-refractivity contribution < 1.29 is 18.3 Å². The fourth-order valence-corrected chi connectivity index (χ4v) is 3.94. The van der Waals surface area contributed by atoms with E-state index in [2.05, 4.69) is 4.72 Å². The van der Waals surface area contributed by atoms with E-state index in [1.807, 2.05) is 0 Å². The van der Waals surface area contributed by atoms with E-state index in [0.29, 0.717) is 19.4 Å². The molecule has 0 bridgehead atoms. The SMILES string of the molecule is CCCS(=O)(=O)NC(C)C(=O)N1CCCC1CCCO. The lowest BCUT2D eigenvalue weighted by Gasteiger charge is -2.27. The minimum Gasteiger partial charge on any atom is -0.396 e. The van der Waals surface area contributed by atoms with Gasteiger partial charge in [0, 0.05) is 19.2 Å². The Bertz CT molecular complexity index is 411. The molecule has 1 fully saturated rings. The monoisotopic (exact) mass is 306 g/mol. The zero-order chi connectivity index (χ0) is 15.2. The summed E-state index contributed by atoms with van der Waals surface area (Å²) in [5, 5.41) is 8.88. The molecule has 0 aromatic rings. The number of carbonyl (C=O) groups excluding carboxylic acids is 1. The Morgan fingerprint density at radius 3 is 2.80 bits per heavy atom. The van der Waals surface area contributed by atoms with Crippen molar-refractivity contribution in [1.29, 1.82) is 0 Å². The van der Waals surface area contributed by atoms with Crippen LogP contribution in [0.1, 0.15) is 46.0 Å². The zero-order valence-electron chi connectivity index (χ0n) is 12.3. The van der Waals surface area contributed by atoms with Crippen molar-refractivity contribution >= 4 is 15.9 Å². The molecule has 118 valence electrons. The van der Waals surface area contributed by atoms with E-state index in [0.717, 1.165) is 19.3 Å². The molecule has 2 atom stereocenters. The first-order chi connectivity index (χ1) is 9.41. The lowest BCUT2D eigenvalue weighted by molar-refractivity contribution is -0.133. The molecule has 2 unspecified atom stereocenters. The molecule has 0 aliphatic carbocycles. The number of hydrogen-bond acceptors (Lipinski definition) is 4. The van der Waals surface area contributed by atoms with Gasteiger partial charge in [-0.2, -0.15) is 0 Å². The number of amides is 1. The molecular weight excluding hydrogens is 280 g/mol. The molecule has 1 heterocycles. The van der Waals surface area contributed by atoms with Gasteiger partial charge in [0.25, 0.3) is 0 Å². The van der Waals surface area contributed by atoms with Crippen LogP contribution in [-0.2, 0) is 14.8 Å². The van der Waals surface area contributed by atoms with Crippen LogP contribution in [0.15, 0.2) is 0 Å². The van der Waals surface area contributed by atoms with Crippen LogP contribution in [-0.4, -0.2) is 55.3 Å². The summed E-state index contributed by atoms with van der Waals surface area (Å²) in [6.07, 6.45) is 3.84. The summed E-state index contributed by atoms with van der Waals surface area (Å²) in [5.41, 5.74) is 0. The van der Waals surface area contributed by atoms with Crippen LogP contribution in [0.5, 0.6) is 0 Å². The van der Waals surface area contributed by atoms with Crippen molar-refractivity contribution in [2.24, 2.45) is 0 Å². The second kappa shape index (κ2) is 7.95. The highest BCUT2D eigenvalue weighted by molar-refractivity contribution is 7.89. The van der Waals surface area contributed by atoms with Crippen LogP contribution in [0.25, 0.3) is 0 Å². The van der Waals surface area contributed by atoms with Gasteiger partial charge in [-0.1, -0.05) is 6.92 Å². The minimum atomic E-state index is -3.38. The number of aliphatic hydroxyl groups excluding tert-OH is 1. The average Bonchev–Trinajstić information content (AvgIpc) is 2.82. The van der Waals surface area contributed by atoms with E-state index in [1.54, 1.807) is 18.7 Å². The second-order valence-corrected chi connectivity index (χ2v) is 7.23. The largest absolute Gasteiger partial charge is 0.396 e. The van der Waals surface area contributed by atoms with Crippen molar-refractivity contribution in [3.63, 3.8) is 0 Å². The summed E-state index contributed by atoms with van der Waals surface area (Å²) in [5.74, 6) is -0.122. The average molecular weight is 306 g/mol. The van der Waals surface area contributed by atoms with Crippen molar-refractivity contribution in [3.05, 3.63) is 0 Å². The summed E-state index contributed by atoms with van der Waals surface area (Å²) in [6.45, 7) is 4.18. The number of aliphatic hydroxyl groups is 1. The van der Waals surface area contributed by atoms with Gasteiger partial charge >= 0.3 is 0 Å². The van der Waals surface area contributed by atoms with Crippen LogP contribution in [0, 0.1) is 0 Å². The van der Waals surface area contributed by atoms with Gasteiger partial charge in [0.1, 0.15) is 0 Å². The number of nitrogens with one attached hydrogen (secondary N) is 1. The highest BCUT2D eigenvalue weighted by Crippen LogP contribution is 2.22. The number of hydrogen-bond donors (Lipinski definition) is 2. The number of rotatable bonds is 8.